The Balaban J connectivity index is 1.87. The molecule has 6 nitrogen and oxygen atoms in total. The van der Waals surface area contributed by atoms with E-state index in [0.717, 1.165) is 18.4 Å². The van der Waals surface area contributed by atoms with Crippen LogP contribution >= 0.6 is 0 Å². The van der Waals surface area contributed by atoms with Crippen molar-refractivity contribution in [3.05, 3.63) is 35.4 Å². The Hall–Kier alpha value is -2.37. The normalized spacial score (nSPS) is 15.2. The standard InChI is InChI=1S/C20H28N2O4/c1-13(19(25)26)22(16-9-10-16)17(23)11-12-21-18(24)14-5-7-15(8-6-14)20(2,3)4/h5-8,13,16H,9-12H2,1-4H3,(H,21,24)(H,25,26). The molecule has 0 saturated heterocycles. The molecule has 26 heavy (non-hydrogen) atoms. The van der Waals surface area contributed by atoms with Crippen LogP contribution in [0.15, 0.2) is 24.3 Å². The van der Waals surface area contributed by atoms with Crippen LogP contribution in [0.3, 0.4) is 0 Å². The van der Waals surface area contributed by atoms with Crippen LogP contribution in [-0.2, 0) is 15.0 Å². The van der Waals surface area contributed by atoms with Crippen molar-refractivity contribution in [1.82, 2.24) is 10.2 Å². The minimum Gasteiger partial charge on any atom is -0.480 e. The number of benzene rings is 1. The molecule has 1 aliphatic rings. The number of carboxylic acids is 1. The molecule has 1 saturated carbocycles. The Labute approximate surface area is 154 Å². The van der Waals surface area contributed by atoms with E-state index in [2.05, 4.69) is 26.1 Å². The van der Waals surface area contributed by atoms with Crippen LogP contribution in [0.2, 0.25) is 0 Å². The van der Waals surface area contributed by atoms with Gasteiger partial charge in [-0.25, -0.2) is 4.79 Å². The highest BCUT2D eigenvalue weighted by Gasteiger charge is 2.37. The van der Waals surface area contributed by atoms with E-state index in [1.165, 1.54) is 11.8 Å². The smallest absolute Gasteiger partial charge is 0.326 e. The Bertz CT molecular complexity index is 672. The third kappa shape index (κ3) is 5.07. The number of nitrogens with zero attached hydrogens (tertiary/aromatic N) is 1. The third-order valence-electron chi connectivity index (χ3n) is 4.64. The number of carbonyl (C=O) groups is 3. The van der Waals surface area contributed by atoms with Crippen LogP contribution in [0, 0.1) is 0 Å². The predicted molar refractivity (Wildman–Crippen MR) is 99.1 cm³/mol. The molecular weight excluding hydrogens is 332 g/mol. The van der Waals surface area contributed by atoms with Gasteiger partial charge in [0.1, 0.15) is 6.04 Å². The first-order valence-electron chi connectivity index (χ1n) is 9.04. The molecule has 2 amide bonds. The topological polar surface area (TPSA) is 86.7 Å². The van der Waals surface area contributed by atoms with Crippen molar-refractivity contribution in [2.45, 2.75) is 64.5 Å². The Morgan fingerprint density at radius 2 is 1.77 bits per heavy atom. The van der Waals surface area contributed by atoms with Gasteiger partial charge in [-0.3, -0.25) is 9.59 Å². The molecule has 0 aromatic heterocycles. The minimum atomic E-state index is -1.01. The number of hydrogen-bond donors (Lipinski definition) is 2. The highest BCUT2D eigenvalue weighted by atomic mass is 16.4. The van der Waals surface area contributed by atoms with Crippen molar-refractivity contribution in [1.29, 1.82) is 0 Å². The predicted octanol–water partition coefficient (Wildman–Crippen LogP) is 2.57. The highest BCUT2D eigenvalue weighted by molar-refractivity contribution is 5.94. The van der Waals surface area contributed by atoms with E-state index < -0.39 is 12.0 Å². The first kappa shape index (κ1) is 19.9. The minimum absolute atomic E-state index is 0.0223. The van der Waals surface area contributed by atoms with Crippen LogP contribution in [0.5, 0.6) is 0 Å². The van der Waals surface area contributed by atoms with Crippen LogP contribution in [0.25, 0.3) is 0 Å². The van der Waals surface area contributed by atoms with E-state index in [1.54, 1.807) is 12.1 Å². The summed E-state index contributed by atoms with van der Waals surface area (Å²) < 4.78 is 0. The van der Waals surface area contributed by atoms with Gasteiger partial charge in [0, 0.05) is 24.6 Å². The molecule has 2 N–H and O–H groups in total. The van der Waals surface area contributed by atoms with Crippen molar-refractivity contribution >= 4 is 17.8 Å². The number of amides is 2. The van der Waals surface area contributed by atoms with Gasteiger partial charge in [0.25, 0.3) is 5.91 Å². The fourth-order valence-corrected chi connectivity index (χ4v) is 2.84. The monoisotopic (exact) mass is 360 g/mol. The van der Waals surface area contributed by atoms with Gasteiger partial charge < -0.3 is 15.3 Å². The van der Waals surface area contributed by atoms with Crippen LogP contribution in [-0.4, -0.2) is 46.4 Å². The summed E-state index contributed by atoms with van der Waals surface area (Å²) in [5, 5.41) is 11.9. The quantitative estimate of drug-likeness (QED) is 0.782. The zero-order chi connectivity index (χ0) is 19.5. The number of carbonyl (C=O) groups excluding carboxylic acids is 2. The van der Waals surface area contributed by atoms with Crippen LogP contribution < -0.4 is 5.32 Å². The average Bonchev–Trinajstić information content (AvgIpc) is 3.39. The second-order valence-electron chi connectivity index (χ2n) is 7.88. The van der Waals surface area contributed by atoms with E-state index in [0.29, 0.717) is 5.56 Å². The zero-order valence-electron chi connectivity index (χ0n) is 15.9. The van der Waals surface area contributed by atoms with Gasteiger partial charge in [0.2, 0.25) is 5.91 Å². The molecule has 1 atom stereocenters. The molecule has 0 heterocycles. The van der Waals surface area contributed by atoms with Crippen molar-refractivity contribution in [3.8, 4) is 0 Å². The zero-order valence-corrected chi connectivity index (χ0v) is 15.9. The molecule has 142 valence electrons. The molecule has 0 bridgehead atoms. The summed E-state index contributed by atoms with van der Waals surface area (Å²) in [7, 11) is 0. The maximum atomic E-state index is 12.4. The van der Waals surface area contributed by atoms with Gasteiger partial charge in [0.05, 0.1) is 0 Å². The van der Waals surface area contributed by atoms with Crippen molar-refractivity contribution in [3.63, 3.8) is 0 Å². The molecular formula is C20H28N2O4. The Morgan fingerprint density at radius 1 is 1.19 bits per heavy atom. The lowest BCUT2D eigenvalue weighted by molar-refractivity contribution is -0.150. The number of rotatable bonds is 7. The lowest BCUT2D eigenvalue weighted by Crippen LogP contribution is -2.45. The van der Waals surface area contributed by atoms with Crippen LogP contribution in [0.1, 0.15) is 62.9 Å². The molecule has 6 heteroatoms. The fourth-order valence-electron chi connectivity index (χ4n) is 2.84. The summed E-state index contributed by atoms with van der Waals surface area (Å²) in [6.45, 7) is 8.04. The van der Waals surface area contributed by atoms with Gasteiger partial charge in [-0.15, -0.1) is 0 Å². The summed E-state index contributed by atoms with van der Waals surface area (Å²) in [5.41, 5.74) is 1.71. The number of carboxylic acid groups (broad SMARTS) is 1. The van der Waals surface area contributed by atoms with Crippen LogP contribution in [0.4, 0.5) is 0 Å². The lowest BCUT2D eigenvalue weighted by atomic mass is 9.87. The highest BCUT2D eigenvalue weighted by Crippen LogP contribution is 2.29. The fraction of sp³-hybridized carbons (Fsp3) is 0.550. The third-order valence-corrected chi connectivity index (χ3v) is 4.64. The molecule has 1 aromatic carbocycles. The molecule has 2 rings (SSSR count). The summed E-state index contributed by atoms with van der Waals surface area (Å²) in [5.74, 6) is -1.47. The molecule has 1 aromatic rings. The van der Waals surface area contributed by atoms with Gasteiger partial charge in [-0.2, -0.15) is 0 Å². The number of nitrogens with one attached hydrogen (secondary N) is 1. The lowest BCUT2D eigenvalue weighted by Gasteiger charge is -2.26. The van der Waals surface area contributed by atoms with Crippen molar-refractivity contribution < 1.29 is 19.5 Å². The number of aliphatic carboxylic acids is 1. The Morgan fingerprint density at radius 3 is 2.23 bits per heavy atom. The summed E-state index contributed by atoms with van der Waals surface area (Å²) >= 11 is 0. The van der Waals surface area contributed by atoms with E-state index in [1.807, 2.05) is 12.1 Å². The summed E-state index contributed by atoms with van der Waals surface area (Å²) in [4.78, 5) is 37.2. The van der Waals surface area contributed by atoms with Crippen molar-refractivity contribution in [2.75, 3.05) is 6.54 Å². The molecule has 0 aliphatic heterocycles. The van der Waals surface area contributed by atoms with Gasteiger partial charge >= 0.3 is 5.97 Å². The molecule has 1 unspecified atom stereocenters. The molecule has 0 radical (unpaired) electrons. The first-order valence-corrected chi connectivity index (χ1v) is 9.04. The largest absolute Gasteiger partial charge is 0.480 e. The van der Waals surface area contributed by atoms with E-state index in [4.69, 9.17) is 5.11 Å². The molecule has 1 fully saturated rings. The maximum absolute atomic E-state index is 12.4. The van der Waals surface area contributed by atoms with Gasteiger partial charge in [-0.1, -0.05) is 32.9 Å². The maximum Gasteiger partial charge on any atom is 0.326 e. The van der Waals surface area contributed by atoms with Crippen molar-refractivity contribution in [2.24, 2.45) is 0 Å². The second-order valence-corrected chi connectivity index (χ2v) is 7.88. The van der Waals surface area contributed by atoms with Gasteiger partial charge in [-0.05, 0) is 42.9 Å². The van der Waals surface area contributed by atoms with E-state index >= 15 is 0 Å². The summed E-state index contributed by atoms with van der Waals surface area (Å²) in [6, 6.07) is 6.61. The number of hydrogen-bond acceptors (Lipinski definition) is 3. The second kappa shape index (κ2) is 7.89. The molecule has 1 aliphatic carbocycles. The summed E-state index contributed by atoms with van der Waals surface area (Å²) in [6.07, 6.45) is 1.78. The molecule has 0 spiro atoms. The van der Waals surface area contributed by atoms with E-state index in [9.17, 15) is 14.4 Å². The first-order chi connectivity index (χ1) is 12.1. The van der Waals surface area contributed by atoms with Gasteiger partial charge in [0.15, 0.2) is 0 Å². The van der Waals surface area contributed by atoms with E-state index in [-0.39, 0.29) is 36.2 Å². The Kier molecular flexibility index (Phi) is 6.05. The SMILES string of the molecule is CC(C(=O)O)N(C(=O)CCNC(=O)c1ccc(C(C)(C)C)cc1)C1CC1. The average molecular weight is 360 g/mol.